The molecule has 0 radical (unpaired) electrons. The number of nitrogens with one attached hydrogen (secondary N) is 1. The maximum Gasteiger partial charge on any atom is 0.251 e. The molecule has 0 heterocycles. The third-order valence-corrected chi connectivity index (χ3v) is 2.28. The summed E-state index contributed by atoms with van der Waals surface area (Å²) in [5.41, 5.74) is 0.690. The van der Waals surface area contributed by atoms with Crippen LogP contribution in [0.5, 0.6) is 0 Å². The Labute approximate surface area is 89.6 Å². The predicted octanol–water partition coefficient (Wildman–Crippen LogP) is 1.38. The molecule has 1 rings (SSSR count). The third-order valence-electron chi connectivity index (χ3n) is 2.28. The lowest BCUT2D eigenvalue weighted by atomic mass is 9.93. The summed E-state index contributed by atoms with van der Waals surface area (Å²) >= 11 is 0. The maximum absolute atomic E-state index is 11.5. The normalized spacial score (nSPS) is 18.6. The minimum atomic E-state index is -0.240. The third kappa shape index (κ3) is 2.65. The summed E-state index contributed by atoms with van der Waals surface area (Å²) in [5.74, 6) is -0.240. The Morgan fingerprint density at radius 3 is 2.47 bits per heavy atom. The molecule has 80 valence electrons. The molecule has 1 aliphatic carbocycles. The lowest BCUT2D eigenvalue weighted by Gasteiger charge is -2.12. The van der Waals surface area contributed by atoms with E-state index in [2.05, 4.69) is 5.32 Å². The molecule has 0 aromatic heterocycles. The molecule has 0 spiro atoms. The number of carbonyl (C=O) groups is 2. The van der Waals surface area contributed by atoms with E-state index in [0.29, 0.717) is 17.4 Å². The van der Waals surface area contributed by atoms with Gasteiger partial charge >= 0.3 is 0 Å². The molecule has 0 unspecified atom stereocenters. The molecule has 0 aromatic carbocycles. The first-order valence-corrected chi connectivity index (χ1v) is 4.80. The number of hydrogen-bond acceptors (Lipinski definition) is 2. The first kappa shape index (κ1) is 11.4. The van der Waals surface area contributed by atoms with Crippen LogP contribution in [0.3, 0.4) is 0 Å². The number of carbonyl (C=O) groups excluding carboxylic acids is 2. The fourth-order valence-corrected chi connectivity index (χ4v) is 1.29. The molecule has 0 bridgehead atoms. The van der Waals surface area contributed by atoms with E-state index < -0.39 is 0 Å². The van der Waals surface area contributed by atoms with Gasteiger partial charge in [0.15, 0.2) is 6.29 Å². The van der Waals surface area contributed by atoms with Crippen LogP contribution in [0.1, 0.15) is 13.8 Å². The number of aldehydes is 1. The van der Waals surface area contributed by atoms with Gasteiger partial charge in [-0.25, -0.2) is 0 Å². The van der Waals surface area contributed by atoms with Crippen LogP contribution in [0, 0.1) is 5.41 Å². The van der Waals surface area contributed by atoms with Gasteiger partial charge in [0.2, 0.25) is 0 Å². The second-order valence-corrected chi connectivity index (χ2v) is 4.05. The number of likely N-dealkylation sites (N-methyl/N-ethyl adjacent to an activating group) is 1. The van der Waals surface area contributed by atoms with Crippen molar-refractivity contribution in [1.29, 1.82) is 0 Å². The van der Waals surface area contributed by atoms with Crippen LogP contribution in [-0.4, -0.2) is 19.2 Å². The van der Waals surface area contributed by atoms with Crippen molar-refractivity contribution in [3.8, 4) is 0 Å². The van der Waals surface area contributed by atoms with Crippen LogP contribution >= 0.6 is 0 Å². The Kier molecular flexibility index (Phi) is 3.24. The van der Waals surface area contributed by atoms with Crippen LogP contribution in [0.25, 0.3) is 0 Å². The fourth-order valence-electron chi connectivity index (χ4n) is 1.29. The average Bonchev–Trinajstić information content (AvgIpc) is 2.35. The molecule has 0 fully saturated rings. The van der Waals surface area contributed by atoms with Gasteiger partial charge in [0, 0.05) is 23.6 Å². The number of amides is 1. The van der Waals surface area contributed by atoms with Gasteiger partial charge in [0.25, 0.3) is 5.91 Å². The molecule has 1 N–H and O–H groups in total. The number of allylic oxidation sites excluding steroid dienone is 4. The molecule has 0 saturated carbocycles. The fraction of sp³-hybridized carbons (Fsp3) is 0.333. The van der Waals surface area contributed by atoms with Crippen molar-refractivity contribution in [2.75, 3.05) is 7.05 Å². The van der Waals surface area contributed by atoms with Gasteiger partial charge in [0.1, 0.15) is 0 Å². The van der Waals surface area contributed by atoms with Crippen LogP contribution in [0.4, 0.5) is 0 Å². The molecule has 0 aliphatic heterocycles. The highest BCUT2D eigenvalue weighted by Gasteiger charge is 2.17. The highest BCUT2D eigenvalue weighted by molar-refractivity contribution is 6.02. The van der Waals surface area contributed by atoms with Crippen molar-refractivity contribution in [2.24, 2.45) is 5.41 Å². The van der Waals surface area contributed by atoms with Crippen molar-refractivity contribution in [3.05, 3.63) is 35.5 Å². The van der Waals surface area contributed by atoms with Crippen LogP contribution in [0.15, 0.2) is 35.5 Å². The van der Waals surface area contributed by atoms with E-state index in [1.165, 1.54) is 0 Å². The molecule has 0 atom stereocenters. The standard InChI is InChI=1S/C12H15NO2/c1-12(2)6-4-9(8-14)10(5-7-12)11(15)13-3/h4-8H,1-3H3,(H,13,15). The van der Waals surface area contributed by atoms with E-state index in [9.17, 15) is 9.59 Å². The van der Waals surface area contributed by atoms with Crippen molar-refractivity contribution < 1.29 is 9.59 Å². The lowest BCUT2D eigenvalue weighted by molar-refractivity contribution is -0.117. The highest BCUT2D eigenvalue weighted by atomic mass is 16.1. The van der Waals surface area contributed by atoms with Crippen LogP contribution in [0.2, 0.25) is 0 Å². The van der Waals surface area contributed by atoms with Gasteiger partial charge in [-0.2, -0.15) is 0 Å². The predicted molar refractivity (Wildman–Crippen MR) is 59.2 cm³/mol. The smallest absolute Gasteiger partial charge is 0.251 e. The second kappa shape index (κ2) is 4.26. The molecule has 3 nitrogen and oxygen atoms in total. The largest absolute Gasteiger partial charge is 0.355 e. The van der Waals surface area contributed by atoms with Gasteiger partial charge in [-0.3, -0.25) is 9.59 Å². The van der Waals surface area contributed by atoms with Gasteiger partial charge in [-0.15, -0.1) is 0 Å². The summed E-state index contributed by atoms with van der Waals surface area (Å²) in [6, 6.07) is 0. The Morgan fingerprint density at radius 2 is 1.93 bits per heavy atom. The van der Waals surface area contributed by atoms with E-state index in [1.807, 2.05) is 26.0 Å². The van der Waals surface area contributed by atoms with Crippen LogP contribution < -0.4 is 5.32 Å². The van der Waals surface area contributed by atoms with Crippen molar-refractivity contribution >= 4 is 12.2 Å². The zero-order chi connectivity index (χ0) is 11.5. The summed E-state index contributed by atoms with van der Waals surface area (Å²) in [6.45, 7) is 4.02. The Bertz CT molecular complexity index is 373. The molecular weight excluding hydrogens is 190 g/mol. The molecule has 15 heavy (non-hydrogen) atoms. The Balaban J connectivity index is 3.20. The zero-order valence-electron chi connectivity index (χ0n) is 9.20. The Morgan fingerprint density at radius 1 is 1.33 bits per heavy atom. The number of rotatable bonds is 2. The molecule has 1 amide bonds. The highest BCUT2D eigenvalue weighted by Crippen LogP contribution is 2.24. The van der Waals surface area contributed by atoms with Crippen LogP contribution in [-0.2, 0) is 9.59 Å². The molecular formula is C12H15NO2. The van der Waals surface area contributed by atoms with Gasteiger partial charge in [-0.1, -0.05) is 38.2 Å². The summed E-state index contributed by atoms with van der Waals surface area (Å²) in [6.07, 6.45) is 7.90. The maximum atomic E-state index is 11.5. The van der Waals surface area contributed by atoms with Gasteiger partial charge < -0.3 is 5.32 Å². The topological polar surface area (TPSA) is 46.2 Å². The number of hydrogen-bond donors (Lipinski definition) is 1. The van der Waals surface area contributed by atoms with Crippen molar-refractivity contribution in [2.45, 2.75) is 13.8 Å². The SMILES string of the molecule is CNC(=O)C1=C(C=O)C=CC(C)(C)C=C1. The monoisotopic (exact) mass is 205 g/mol. The minimum absolute atomic E-state index is 0.135. The minimum Gasteiger partial charge on any atom is -0.355 e. The zero-order valence-corrected chi connectivity index (χ0v) is 9.20. The van der Waals surface area contributed by atoms with E-state index in [0.717, 1.165) is 0 Å². The van der Waals surface area contributed by atoms with E-state index in [1.54, 1.807) is 19.2 Å². The Hall–Kier alpha value is -1.64. The van der Waals surface area contributed by atoms with E-state index in [4.69, 9.17) is 0 Å². The summed E-state index contributed by atoms with van der Waals surface area (Å²) in [4.78, 5) is 22.3. The van der Waals surface area contributed by atoms with Gasteiger partial charge in [-0.05, 0) is 0 Å². The average molecular weight is 205 g/mol. The summed E-state index contributed by atoms with van der Waals surface area (Å²) in [7, 11) is 1.55. The molecule has 0 aromatic rings. The molecule has 0 saturated heterocycles. The summed E-state index contributed by atoms with van der Waals surface area (Å²) in [5, 5.41) is 2.51. The first-order chi connectivity index (χ1) is 7.00. The summed E-state index contributed by atoms with van der Waals surface area (Å²) < 4.78 is 0. The quantitative estimate of drug-likeness (QED) is 0.692. The van der Waals surface area contributed by atoms with E-state index >= 15 is 0 Å². The lowest BCUT2D eigenvalue weighted by Crippen LogP contribution is -2.20. The molecule has 3 heteroatoms. The second-order valence-electron chi connectivity index (χ2n) is 4.05. The van der Waals surface area contributed by atoms with Crippen molar-refractivity contribution in [1.82, 2.24) is 5.32 Å². The van der Waals surface area contributed by atoms with E-state index in [-0.39, 0.29) is 11.3 Å². The van der Waals surface area contributed by atoms with Crippen molar-refractivity contribution in [3.63, 3.8) is 0 Å². The molecule has 1 aliphatic rings. The first-order valence-electron chi connectivity index (χ1n) is 4.80. The van der Waals surface area contributed by atoms with Gasteiger partial charge in [0.05, 0.1) is 0 Å².